The number of carbonyl (C=O) groups is 1. The molecule has 0 heterocycles. The first-order valence-corrected chi connectivity index (χ1v) is 9.57. The largest absolute Gasteiger partial charge is 0.493 e. The summed E-state index contributed by atoms with van der Waals surface area (Å²) < 4.78 is 38.8. The smallest absolute Gasteiger partial charge is 0.228 e. The molecule has 0 spiro atoms. The van der Waals surface area contributed by atoms with Crippen LogP contribution in [0.3, 0.4) is 0 Å². The lowest BCUT2D eigenvalue weighted by Gasteiger charge is -2.15. The molecule has 0 atom stereocenters. The summed E-state index contributed by atoms with van der Waals surface area (Å²) in [7, 11) is 1.23. The van der Waals surface area contributed by atoms with Crippen molar-refractivity contribution in [1.29, 1.82) is 0 Å². The van der Waals surface area contributed by atoms with Gasteiger partial charge in [0, 0.05) is 17.5 Å². The van der Waals surface area contributed by atoms with Gasteiger partial charge < -0.3 is 19.5 Å². The van der Waals surface area contributed by atoms with Crippen molar-refractivity contribution in [3.05, 3.63) is 42.0 Å². The molecule has 0 aliphatic carbocycles. The summed E-state index contributed by atoms with van der Waals surface area (Å²) in [6.07, 6.45) is 1.18. The highest BCUT2D eigenvalue weighted by molar-refractivity contribution is 7.90. The molecule has 0 aromatic heterocycles. The average molecular weight is 379 g/mol. The molecule has 0 aliphatic rings. The van der Waals surface area contributed by atoms with Gasteiger partial charge in [0.05, 0.1) is 32.6 Å². The summed E-state index contributed by atoms with van der Waals surface area (Å²) in [5.41, 5.74) is 1.14. The van der Waals surface area contributed by atoms with E-state index in [1.165, 1.54) is 33.5 Å². The Kier molecular flexibility index (Phi) is 6.10. The molecule has 0 fully saturated rings. The zero-order chi connectivity index (χ0) is 19.3. The molecule has 0 aliphatic heterocycles. The Morgan fingerprint density at radius 3 is 2.04 bits per heavy atom. The Morgan fingerprint density at radius 2 is 1.54 bits per heavy atom. The minimum Gasteiger partial charge on any atom is -0.493 e. The Hall–Kier alpha value is -2.74. The van der Waals surface area contributed by atoms with Gasteiger partial charge in [0.25, 0.3) is 0 Å². The fourth-order valence-corrected chi connectivity index (χ4v) is 3.10. The highest BCUT2D eigenvalue weighted by atomic mass is 32.2. The van der Waals surface area contributed by atoms with E-state index in [-0.39, 0.29) is 17.2 Å². The fourth-order valence-electron chi connectivity index (χ4n) is 2.47. The first-order valence-electron chi connectivity index (χ1n) is 7.68. The van der Waals surface area contributed by atoms with Crippen LogP contribution in [0.5, 0.6) is 17.2 Å². The molecule has 0 saturated carbocycles. The maximum Gasteiger partial charge on any atom is 0.228 e. The number of hydrogen-bond acceptors (Lipinski definition) is 6. The minimum absolute atomic E-state index is 0.0529. The zero-order valence-corrected chi connectivity index (χ0v) is 15.8. The molecule has 26 heavy (non-hydrogen) atoms. The number of ether oxygens (including phenoxy) is 3. The molecule has 8 heteroatoms. The molecule has 2 rings (SSSR count). The van der Waals surface area contributed by atoms with Crippen molar-refractivity contribution in [3.63, 3.8) is 0 Å². The number of amides is 1. The van der Waals surface area contributed by atoms with Crippen LogP contribution in [0.25, 0.3) is 0 Å². The zero-order valence-electron chi connectivity index (χ0n) is 15.0. The summed E-state index contributed by atoms with van der Waals surface area (Å²) in [6.45, 7) is 0. The highest BCUT2D eigenvalue weighted by Crippen LogP contribution is 2.39. The van der Waals surface area contributed by atoms with Crippen LogP contribution in [-0.2, 0) is 21.1 Å². The monoisotopic (exact) mass is 379 g/mol. The standard InChI is InChI=1S/C18H21NO6S/c1-23-15-10-5-12(17(24-2)18(15)25-3)11-16(20)19-13-6-8-14(9-7-13)26(4,21)22/h5-10H,11H2,1-4H3,(H,19,20). The van der Waals surface area contributed by atoms with Gasteiger partial charge in [-0.15, -0.1) is 0 Å². The van der Waals surface area contributed by atoms with E-state index < -0.39 is 9.84 Å². The van der Waals surface area contributed by atoms with Crippen molar-refractivity contribution in [1.82, 2.24) is 0 Å². The first kappa shape index (κ1) is 19.6. The van der Waals surface area contributed by atoms with E-state index in [0.717, 1.165) is 6.26 Å². The quantitative estimate of drug-likeness (QED) is 0.794. The van der Waals surface area contributed by atoms with E-state index in [0.29, 0.717) is 28.5 Å². The van der Waals surface area contributed by atoms with Gasteiger partial charge >= 0.3 is 0 Å². The molecule has 0 saturated heterocycles. The van der Waals surface area contributed by atoms with Crippen LogP contribution in [0.15, 0.2) is 41.3 Å². The van der Waals surface area contributed by atoms with Crippen molar-refractivity contribution in [3.8, 4) is 17.2 Å². The Labute approximate surface area is 152 Å². The third-order valence-electron chi connectivity index (χ3n) is 3.70. The Morgan fingerprint density at radius 1 is 0.923 bits per heavy atom. The number of anilines is 1. The highest BCUT2D eigenvalue weighted by Gasteiger charge is 2.18. The molecule has 0 bridgehead atoms. The van der Waals surface area contributed by atoms with Gasteiger partial charge in [0.2, 0.25) is 11.7 Å². The molecule has 1 amide bonds. The van der Waals surface area contributed by atoms with E-state index in [1.54, 1.807) is 24.3 Å². The number of rotatable bonds is 7. The Balaban J connectivity index is 2.17. The average Bonchev–Trinajstić information content (AvgIpc) is 2.60. The fraction of sp³-hybridized carbons (Fsp3) is 0.278. The van der Waals surface area contributed by atoms with Crippen LogP contribution in [0.4, 0.5) is 5.69 Å². The maximum atomic E-state index is 12.3. The molecule has 2 aromatic carbocycles. The first-order chi connectivity index (χ1) is 12.3. The molecular weight excluding hydrogens is 358 g/mol. The molecule has 140 valence electrons. The molecule has 7 nitrogen and oxygen atoms in total. The van der Waals surface area contributed by atoms with Crippen molar-refractivity contribution in [2.24, 2.45) is 0 Å². The molecule has 2 aromatic rings. The number of hydrogen-bond donors (Lipinski definition) is 1. The van der Waals surface area contributed by atoms with Crippen molar-refractivity contribution < 1.29 is 27.4 Å². The summed E-state index contributed by atoms with van der Waals surface area (Å²) in [5.74, 6) is 1.07. The van der Waals surface area contributed by atoms with Crippen molar-refractivity contribution in [2.45, 2.75) is 11.3 Å². The van der Waals surface area contributed by atoms with Crippen LogP contribution in [-0.4, -0.2) is 41.9 Å². The second kappa shape index (κ2) is 8.09. The van der Waals surface area contributed by atoms with E-state index in [1.807, 2.05) is 0 Å². The summed E-state index contributed by atoms with van der Waals surface area (Å²) in [6, 6.07) is 9.40. The van der Waals surface area contributed by atoms with Gasteiger partial charge in [-0.05, 0) is 30.3 Å². The van der Waals surface area contributed by atoms with Crippen molar-refractivity contribution in [2.75, 3.05) is 32.9 Å². The van der Waals surface area contributed by atoms with Gasteiger partial charge in [0.15, 0.2) is 21.3 Å². The van der Waals surface area contributed by atoms with E-state index in [9.17, 15) is 13.2 Å². The topological polar surface area (TPSA) is 90.9 Å². The molecular formula is C18H21NO6S. The number of carbonyl (C=O) groups excluding carboxylic acids is 1. The second-order valence-corrected chi connectivity index (χ2v) is 7.53. The maximum absolute atomic E-state index is 12.3. The number of methoxy groups -OCH3 is 3. The van der Waals surface area contributed by atoms with Crippen LogP contribution in [0.1, 0.15) is 5.56 Å². The third kappa shape index (κ3) is 4.45. The lowest BCUT2D eigenvalue weighted by atomic mass is 10.1. The van der Waals surface area contributed by atoms with Crippen molar-refractivity contribution >= 4 is 21.4 Å². The summed E-state index contributed by atoms with van der Waals surface area (Å²) in [5, 5.41) is 2.73. The predicted octanol–water partition coefficient (Wildman–Crippen LogP) is 2.30. The summed E-state index contributed by atoms with van der Waals surface area (Å²) >= 11 is 0. The van der Waals surface area contributed by atoms with Gasteiger partial charge in [-0.25, -0.2) is 8.42 Å². The SMILES string of the molecule is COc1ccc(CC(=O)Nc2ccc(S(C)(=O)=O)cc2)c(OC)c1OC. The molecule has 0 unspecified atom stereocenters. The van der Waals surface area contributed by atoms with Gasteiger partial charge in [-0.2, -0.15) is 0 Å². The minimum atomic E-state index is -3.27. The molecule has 0 radical (unpaired) electrons. The second-order valence-electron chi connectivity index (χ2n) is 5.51. The van der Waals surface area contributed by atoms with E-state index in [4.69, 9.17) is 14.2 Å². The van der Waals surface area contributed by atoms with Crippen LogP contribution in [0, 0.1) is 0 Å². The third-order valence-corrected chi connectivity index (χ3v) is 4.83. The lowest BCUT2D eigenvalue weighted by molar-refractivity contribution is -0.115. The van der Waals surface area contributed by atoms with Crippen LogP contribution < -0.4 is 19.5 Å². The number of nitrogens with one attached hydrogen (secondary N) is 1. The number of sulfone groups is 1. The number of benzene rings is 2. The normalized spacial score (nSPS) is 10.9. The van der Waals surface area contributed by atoms with Crippen LogP contribution in [0.2, 0.25) is 0 Å². The molecule has 1 N–H and O–H groups in total. The van der Waals surface area contributed by atoms with Gasteiger partial charge in [0.1, 0.15) is 0 Å². The predicted molar refractivity (Wildman–Crippen MR) is 98.0 cm³/mol. The van der Waals surface area contributed by atoms with Crippen LogP contribution >= 0.6 is 0 Å². The van der Waals surface area contributed by atoms with Gasteiger partial charge in [-0.1, -0.05) is 6.07 Å². The lowest BCUT2D eigenvalue weighted by Crippen LogP contribution is -2.15. The van der Waals surface area contributed by atoms with E-state index in [2.05, 4.69) is 5.32 Å². The van der Waals surface area contributed by atoms with E-state index >= 15 is 0 Å². The van der Waals surface area contributed by atoms with Gasteiger partial charge in [-0.3, -0.25) is 4.79 Å². The summed E-state index contributed by atoms with van der Waals surface area (Å²) in [4.78, 5) is 12.5. The Bertz CT molecular complexity index is 891.